The zero-order valence-corrected chi connectivity index (χ0v) is 16.4. The summed E-state index contributed by atoms with van der Waals surface area (Å²) in [5.41, 5.74) is 0.879. The SMILES string of the molecule is COCCc1noc(CC2CCN(C(=O)c3cc(=O)c4ccccc4[nH]3)CC2)n1. The predicted molar refractivity (Wildman–Crippen MR) is 107 cm³/mol. The van der Waals surface area contributed by atoms with Gasteiger partial charge < -0.3 is 19.1 Å². The van der Waals surface area contributed by atoms with E-state index in [1.54, 1.807) is 18.1 Å². The standard InChI is InChI=1S/C21H24N4O4/c1-28-11-8-19-23-20(29-24-19)12-14-6-9-25(10-7-14)21(27)17-13-18(26)15-4-2-3-5-16(15)22-17/h2-5,13-14H,6-12H2,1H3,(H,22,26). The molecule has 3 heterocycles. The summed E-state index contributed by atoms with van der Waals surface area (Å²) in [5.74, 6) is 1.56. The molecule has 0 unspecified atom stereocenters. The number of benzene rings is 1. The first-order chi connectivity index (χ1) is 14.1. The number of rotatable bonds is 6. The van der Waals surface area contributed by atoms with Gasteiger partial charge in [0.1, 0.15) is 5.69 Å². The van der Waals surface area contributed by atoms with Crippen LogP contribution < -0.4 is 5.43 Å². The van der Waals surface area contributed by atoms with Gasteiger partial charge in [-0.3, -0.25) is 9.59 Å². The van der Waals surface area contributed by atoms with Crippen molar-refractivity contribution < 1.29 is 14.1 Å². The normalized spacial score (nSPS) is 15.1. The fourth-order valence-electron chi connectivity index (χ4n) is 3.74. The number of carbonyl (C=O) groups excluding carboxylic acids is 1. The maximum Gasteiger partial charge on any atom is 0.270 e. The van der Waals surface area contributed by atoms with Crippen molar-refractivity contribution in [3.05, 3.63) is 58.0 Å². The topological polar surface area (TPSA) is 101 Å². The van der Waals surface area contributed by atoms with E-state index in [4.69, 9.17) is 9.26 Å². The summed E-state index contributed by atoms with van der Waals surface area (Å²) in [6.45, 7) is 1.85. The number of para-hydroxylation sites is 1. The Morgan fingerprint density at radius 2 is 2.10 bits per heavy atom. The number of methoxy groups -OCH3 is 1. The Hall–Kier alpha value is -3.00. The molecule has 1 aliphatic heterocycles. The van der Waals surface area contributed by atoms with Crippen molar-refractivity contribution in [2.24, 2.45) is 5.92 Å². The molecule has 0 saturated carbocycles. The first-order valence-corrected chi connectivity index (χ1v) is 9.86. The Labute approximate surface area is 167 Å². The van der Waals surface area contributed by atoms with E-state index in [0.29, 0.717) is 60.3 Å². The van der Waals surface area contributed by atoms with Gasteiger partial charge in [-0.15, -0.1) is 0 Å². The number of piperidine rings is 1. The Balaban J connectivity index is 1.36. The fraction of sp³-hybridized carbons (Fsp3) is 0.429. The van der Waals surface area contributed by atoms with Crippen molar-refractivity contribution in [1.29, 1.82) is 0 Å². The average Bonchev–Trinajstić information content (AvgIpc) is 3.19. The number of hydrogen-bond acceptors (Lipinski definition) is 6. The molecule has 1 aromatic carbocycles. The molecule has 0 radical (unpaired) electrons. The third-order valence-electron chi connectivity index (χ3n) is 5.37. The molecule has 29 heavy (non-hydrogen) atoms. The average molecular weight is 396 g/mol. The molecule has 8 heteroatoms. The quantitative estimate of drug-likeness (QED) is 0.685. The Morgan fingerprint density at radius 1 is 1.31 bits per heavy atom. The van der Waals surface area contributed by atoms with Crippen LogP contribution in [0.2, 0.25) is 0 Å². The molecule has 4 rings (SSSR count). The second-order valence-electron chi connectivity index (χ2n) is 7.38. The highest BCUT2D eigenvalue weighted by Gasteiger charge is 2.26. The number of pyridine rings is 1. The van der Waals surface area contributed by atoms with Gasteiger partial charge in [-0.25, -0.2) is 0 Å². The van der Waals surface area contributed by atoms with E-state index in [0.717, 1.165) is 19.3 Å². The van der Waals surface area contributed by atoms with E-state index in [1.807, 2.05) is 18.2 Å². The van der Waals surface area contributed by atoms with Crippen LogP contribution in [0.3, 0.4) is 0 Å². The lowest BCUT2D eigenvalue weighted by atomic mass is 9.93. The predicted octanol–water partition coefficient (Wildman–Crippen LogP) is 2.19. The van der Waals surface area contributed by atoms with E-state index in [2.05, 4.69) is 15.1 Å². The van der Waals surface area contributed by atoms with Gasteiger partial charge in [-0.05, 0) is 30.9 Å². The van der Waals surface area contributed by atoms with Gasteiger partial charge in [0.05, 0.1) is 6.61 Å². The van der Waals surface area contributed by atoms with Crippen LogP contribution in [0.1, 0.15) is 35.0 Å². The summed E-state index contributed by atoms with van der Waals surface area (Å²) in [4.78, 5) is 34.5. The van der Waals surface area contributed by atoms with Crippen LogP contribution in [0.4, 0.5) is 0 Å². The third kappa shape index (κ3) is 4.37. The number of amides is 1. The molecule has 8 nitrogen and oxygen atoms in total. The highest BCUT2D eigenvalue weighted by atomic mass is 16.5. The summed E-state index contributed by atoms with van der Waals surface area (Å²) < 4.78 is 10.4. The molecular formula is C21H24N4O4. The summed E-state index contributed by atoms with van der Waals surface area (Å²) >= 11 is 0. The van der Waals surface area contributed by atoms with Crippen molar-refractivity contribution in [3.8, 4) is 0 Å². The van der Waals surface area contributed by atoms with Crippen molar-refractivity contribution in [2.45, 2.75) is 25.7 Å². The van der Waals surface area contributed by atoms with Gasteiger partial charge in [-0.1, -0.05) is 17.3 Å². The molecule has 1 aliphatic rings. The van der Waals surface area contributed by atoms with Gasteiger partial charge in [0.2, 0.25) is 5.89 Å². The molecule has 3 aromatic rings. The summed E-state index contributed by atoms with van der Waals surface area (Å²) in [6, 6.07) is 8.62. The van der Waals surface area contributed by atoms with Crippen molar-refractivity contribution >= 4 is 16.8 Å². The second kappa shape index (κ2) is 8.57. The van der Waals surface area contributed by atoms with Gasteiger partial charge >= 0.3 is 0 Å². The number of likely N-dealkylation sites (tertiary alicyclic amines) is 1. The van der Waals surface area contributed by atoms with Crippen molar-refractivity contribution in [1.82, 2.24) is 20.0 Å². The third-order valence-corrected chi connectivity index (χ3v) is 5.37. The molecule has 0 bridgehead atoms. The van der Waals surface area contributed by atoms with Crippen LogP contribution in [0.5, 0.6) is 0 Å². The van der Waals surface area contributed by atoms with Gasteiger partial charge in [-0.2, -0.15) is 4.98 Å². The van der Waals surface area contributed by atoms with Gasteiger partial charge in [0.15, 0.2) is 11.3 Å². The Bertz CT molecular complexity index is 1050. The minimum absolute atomic E-state index is 0.133. The summed E-state index contributed by atoms with van der Waals surface area (Å²) in [6.07, 6.45) is 3.07. The largest absolute Gasteiger partial charge is 0.384 e. The molecule has 1 saturated heterocycles. The van der Waals surface area contributed by atoms with Crippen molar-refractivity contribution in [2.75, 3.05) is 26.8 Å². The first kappa shape index (κ1) is 19.3. The molecule has 152 valence electrons. The Kier molecular flexibility index (Phi) is 5.71. The Morgan fingerprint density at radius 3 is 2.90 bits per heavy atom. The number of aromatic amines is 1. The molecule has 0 spiro atoms. The lowest BCUT2D eigenvalue weighted by Gasteiger charge is -2.31. The van der Waals surface area contributed by atoms with Crippen LogP contribution in [-0.4, -0.2) is 52.7 Å². The van der Waals surface area contributed by atoms with E-state index < -0.39 is 0 Å². The van der Waals surface area contributed by atoms with E-state index in [9.17, 15) is 9.59 Å². The summed E-state index contributed by atoms with van der Waals surface area (Å²) in [5, 5.41) is 4.56. The smallest absolute Gasteiger partial charge is 0.270 e. The second-order valence-corrected chi connectivity index (χ2v) is 7.38. The maximum absolute atomic E-state index is 12.9. The molecule has 0 atom stereocenters. The number of aromatic nitrogens is 3. The molecule has 0 aliphatic carbocycles. The highest BCUT2D eigenvalue weighted by molar-refractivity contribution is 5.94. The highest BCUT2D eigenvalue weighted by Crippen LogP contribution is 2.22. The molecule has 1 amide bonds. The van der Waals surface area contributed by atoms with E-state index >= 15 is 0 Å². The minimum Gasteiger partial charge on any atom is -0.384 e. The molecule has 1 N–H and O–H groups in total. The number of H-pyrrole nitrogens is 1. The van der Waals surface area contributed by atoms with Crippen LogP contribution in [0.15, 0.2) is 39.6 Å². The number of nitrogens with one attached hydrogen (secondary N) is 1. The molecular weight excluding hydrogens is 372 g/mol. The number of carbonyl (C=O) groups is 1. The lowest BCUT2D eigenvalue weighted by molar-refractivity contribution is 0.0682. The minimum atomic E-state index is -0.141. The maximum atomic E-state index is 12.9. The zero-order valence-electron chi connectivity index (χ0n) is 16.4. The van der Waals surface area contributed by atoms with Gasteiger partial charge in [0, 0.05) is 50.0 Å². The number of nitrogens with zero attached hydrogens (tertiary/aromatic N) is 3. The number of hydrogen-bond donors (Lipinski definition) is 1. The van der Waals surface area contributed by atoms with E-state index in [-0.39, 0.29) is 11.3 Å². The first-order valence-electron chi connectivity index (χ1n) is 9.86. The fourth-order valence-corrected chi connectivity index (χ4v) is 3.74. The molecule has 2 aromatic heterocycles. The monoisotopic (exact) mass is 396 g/mol. The lowest BCUT2D eigenvalue weighted by Crippen LogP contribution is -2.39. The van der Waals surface area contributed by atoms with Crippen LogP contribution >= 0.6 is 0 Å². The van der Waals surface area contributed by atoms with Gasteiger partial charge in [0.25, 0.3) is 5.91 Å². The van der Waals surface area contributed by atoms with Crippen LogP contribution in [0.25, 0.3) is 10.9 Å². The van der Waals surface area contributed by atoms with E-state index in [1.165, 1.54) is 6.07 Å². The number of ether oxygens (including phenoxy) is 1. The summed E-state index contributed by atoms with van der Waals surface area (Å²) in [7, 11) is 1.64. The van der Waals surface area contributed by atoms with Crippen LogP contribution in [-0.2, 0) is 17.6 Å². The van der Waals surface area contributed by atoms with Crippen molar-refractivity contribution in [3.63, 3.8) is 0 Å². The van der Waals surface area contributed by atoms with Crippen LogP contribution in [0, 0.1) is 5.92 Å². The zero-order chi connectivity index (χ0) is 20.2. The molecule has 1 fully saturated rings. The number of fused-ring (bicyclic) bond motifs is 1.